The highest BCUT2D eigenvalue weighted by Crippen LogP contribution is 2.63. The fourth-order valence-electron chi connectivity index (χ4n) is 6.90. The zero-order valence-corrected chi connectivity index (χ0v) is 22.8. The first-order valence-corrected chi connectivity index (χ1v) is 13.6. The van der Waals surface area contributed by atoms with E-state index in [1.807, 2.05) is 39.0 Å². The number of ether oxygens (including phenoxy) is 2. The van der Waals surface area contributed by atoms with Crippen LogP contribution in [0.1, 0.15) is 40.0 Å². The summed E-state index contributed by atoms with van der Waals surface area (Å²) in [6, 6.07) is 14.5. The number of fused-ring (bicyclic) bond motifs is 1. The molecule has 9 nitrogen and oxygen atoms in total. The summed E-state index contributed by atoms with van der Waals surface area (Å²) in [5.74, 6) is -1.81. The van der Waals surface area contributed by atoms with Crippen LogP contribution in [0.5, 0.6) is 5.75 Å². The van der Waals surface area contributed by atoms with Crippen LogP contribution in [0.2, 0.25) is 0 Å². The normalized spacial score (nSPS) is 29.8. The quantitative estimate of drug-likeness (QED) is 0.453. The SMILES string of the molecule is COc1ccc(NC(=O)C2N([C@@H](CO)CC(C)C)C(=O)[C@@H]3[C@H](C(=O)Nc4ccccc4)[C@]4(C)CCC23O4)cc1. The van der Waals surface area contributed by atoms with Crippen molar-refractivity contribution in [3.63, 3.8) is 0 Å². The second-order valence-corrected chi connectivity index (χ2v) is 11.5. The highest BCUT2D eigenvalue weighted by Gasteiger charge is 2.78. The molecule has 3 N–H and O–H groups in total. The lowest BCUT2D eigenvalue weighted by molar-refractivity contribution is -0.147. The van der Waals surface area contributed by atoms with Gasteiger partial charge < -0.3 is 30.1 Å². The fourth-order valence-corrected chi connectivity index (χ4v) is 6.90. The van der Waals surface area contributed by atoms with Gasteiger partial charge in [0.2, 0.25) is 17.7 Å². The highest BCUT2D eigenvalue weighted by atomic mass is 16.5. The number of carbonyl (C=O) groups is 3. The Bertz CT molecular complexity index is 1240. The molecule has 0 radical (unpaired) electrons. The van der Waals surface area contributed by atoms with E-state index in [4.69, 9.17) is 9.47 Å². The largest absolute Gasteiger partial charge is 0.497 e. The third-order valence-corrected chi connectivity index (χ3v) is 8.49. The second-order valence-electron chi connectivity index (χ2n) is 11.5. The second kappa shape index (κ2) is 10.3. The van der Waals surface area contributed by atoms with Gasteiger partial charge in [-0.1, -0.05) is 32.0 Å². The molecule has 9 heteroatoms. The maximum Gasteiger partial charge on any atom is 0.250 e. The molecular formula is C30H37N3O6. The Balaban J connectivity index is 1.53. The van der Waals surface area contributed by atoms with Gasteiger partial charge in [0, 0.05) is 11.4 Å². The molecular weight excluding hydrogens is 498 g/mol. The third-order valence-electron chi connectivity index (χ3n) is 8.49. The number of benzene rings is 2. The number of aliphatic hydroxyl groups is 1. The number of rotatable bonds is 9. The molecule has 3 amide bonds. The van der Waals surface area contributed by atoms with Crippen LogP contribution in [0.3, 0.4) is 0 Å². The van der Waals surface area contributed by atoms with Gasteiger partial charge in [0.05, 0.1) is 37.2 Å². The van der Waals surface area contributed by atoms with Gasteiger partial charge in [-0.3, -0.25) is 14.4 Å². The molecule has 0 saturated carbocycles. The van der Waals surface area contributed by atoms with Gasteiger partial charge >= 0.3 is 0 Å². The van der Waals surface area contributed by atoms with Gasteiger partial charge in [-0.15, -0.1) is 0 Å². The Morgan fingerprint density at radius 1 is 1.05 bits per heavy atom. The molecule has 5 rings (SSSR count). The summed E-state index contributed by atoms with van der Waals surface area (Å²) < 4.78 is 11.9. The first-order valence-electron chi connectivity index (χ1n) is 13.6. The molecule has 1 spiro atoms. The van der Waals surface area contributed by atoms with Gasteiger partial charge in [0.15, 0.2) is 0 Å². The van der Waals surface area contributed by atoms with E-state index < -0.39 is 41.0 Å². The topological polar surface area (TPSA) is 117 Å². The number of carbonyl (C=O) groups excluding carboxylic acids is 3. The van der Waals surface area contributed by atoms with Gasteiger partial charge in [0.1, 0.15) is 17.4 Å². The molecule has 39 heavy (non-hydrogen) atoms. The van der Waals surface area contributed by atoms with Crippen molar-refractivity contribution in [1.29, 1.82) is 0 Å². The molecule has 2 bridgehead atoms. The van der Waals surface area contributed by atoms with E-state index >= 15 is 0 Å². The molecule has 3 heterocycles. The van der Waals surface area contributed by atoms with Crippen LogP contribution in [0, 0.1) is 17.8 Å². The van der Waals surface area contributed by atoms with Gasteiger partial charge in [-0.2, -0.15) is 0 Å². The van der Waals surface area contributed by atoms with E-state index in [2.05, 4.69) is 10.6 Å². The Morgan fingerprint density at radius 2 is 1.69 bits per heavy atom. The number of anilines is 2. The zero-order valence-electron chi connectivity index (χ0n) is 22.8. The van der Waals surface area contributed by atoms with E-state index in [0.717, 1.165) is 0 Å². The lowest BCUT2D eigenvalue weighted by Gasteiger charge is -2.37. The summed E-state index contributed by atoms with van der Waals surface area (Å²) in [6.45, 7) is 5.59. The maximum atomic E-state index is 14.3. The van der Waals surface area contributed by atoms with E-state index in [-0.39, 0.29) is 24.3 Å². The van der Waals surface area contributed by atoms with Gasteiger partial charge in [-0.25, -0.2) is 0 Å². The lowest BCUT2D eigenvalue weighted by Crippen LogP contribution is -2.56. The number of nitrogens with one attached hydrogen (secondary N) is 2. The minimum Gasteiger partial charge on any atom is -0.497 e. The van der Waals surface area contributed by atoms with Crippen molar-refractivity contribution in [2.75, 3.05) is 24.4 Å². The number of para-hydroxylation sites is 1. The van der Waals surface area contributed by atoms with Crippen molar-refractivity contribution in [3.05, 3.63) is 54.6 Å². The standard InChI is InChI=1S/C30H37N3O6/c1-18(2)16-21(17-34)33-25(27(36)32-20-10-12-22(38-4)13-11-20)30-15-14-29(3,39-30)23(24(30)28(33)37)26(35)31-19-8-6-5-7-9-19/h5-13,18,21,23-25,34H,14-17H2,1-4H3,(H,31,35)(H,32,36)/t21-,23-,24+,25?,29+,30?/m1/s1. The smallest absolute Gasteiger partial charge is 0.250 e. The number of hydrogen-bond donors (Lipinski definition) is 3. The van der Waals surface area contributed by atoms with Crippen LogP contribution in [0.15, 0.2) is 54.6 Å². The Labute approximate surface area is 228 Å². The lowest BCUT2D eigenvalue weighted by atomic mass is 9.66. The van der Waals surface area contributed by atoms with Crippen molar-refractivity contribution in [2.45, 2.75) is 63.3 Å². The molecule has 2 aromatic carbocycles. The van der Waals surface area contributed by atoms with Crippen LogP contribution >= 0.6 is 0 Å². The van der Waals surface area contributed by atoms with Crippen LogP contribution in [0.25, 0.3) is 0 Å². The molecule has 3 saturated heterocycles. The summed E-state index contributed by atoms with van der Waals surface area (Å²) >= 11 is 0. The first kappa shape index (κ1) is 27.1. The Hall–Kier alpha value is -3.43. The average Bonchev–Trinajstić information content (AvgIpc) is 3.48. The maximum absolute atomic E-state index is 14.3. The van der Waals surface area contributed by atoms with Crippen LogP contribution in [0.4, 0.5) is 11.4 Å². The molecule has 6 atom stereocenters. The minimum atomic E-state index is -1.18. The first-order chi connectivity index (χ1) is 18.6. The number of aliphatic hydroxyl groups excluding tert-OH is 1. The third kappa shape index (κ3) is 4.57. The molecule has 3 aliphatic rings. The summed E-state index contributed by atoms with van der Waals surface area (Å²) in [5.41, 5.74) is -0.885. The number of hydrogen-bond acceptors (Lipinski definition) is 6. The monoisotopic (exact) mass is 535 g/mol. The molecule has 0 aliphatic carbocycles. The number of amides is 3. The fraction of sp³-hybridized carbons (Fsp3) is 0.500. The zero-order chi connectivity index (χ0) is 27.9. The number of likely N-dealkylation sites (tertiary alicyclic amines) is 1. The van der Waals surface area contributed by atoms with E-state index in [0.29, 0.717) is 36.4 Å². The van der Waals surface area contributed by atoms with Crippen LogP contribution in [-0.2, 0) is 19.1 Å². The van der Waals surface area contributed by atoms with Crippen LogP contribution in [-0.4, -0.2) is 64.7 Å². The summed E-state index contributed by atoms with van der Waals surface area (Å²) in [6.07, 6.45) is 1.51. The predicted octanol–water partition coefficient (Wildman–Crippen LogP) is 3.44. The molecule has 2 aromatic rings. The average molecular weight is 536 g/mol. The molecule has 3 fully saturated rings. The van der Waals surface area contributed by atoms with Gasteiger partial charge in [-0.05, 0) is 68.5 Å². The number of nitrogens with zero attached hydrogens (tertiary/aromatic N) is 1. The number of methoxy groups -OCH3 is 1. The molecule has 208 valence electrons. The summed E-state index contributed by atoms with van der Waals surface area (Å²) in [4.78, 5) is 43.5. The highest BCUT2D eigenvalue weighted by molar-refractivity contribution is 6.05. The molecule has 3 aliphatic heterocycles. The van der Waals surface area contributed by atoms with E-state index in [1.54, 1.807) is 43.5 Å². The van der Waals surface area contributed by atoms with Crippen molar-refractivity contribution in [1.82, 2.24) is 4.90 Å². The minimum absolute atomic E-state index is 0.171. The van der Waals surface area contributed by atoms with Crippen molar-refractivity contribution < 1.29 is 29.0 Å². The van der Waals surface area contributed by atoms with Gasteiger partial charge in [0.25, 0.3) is 0 Å². The predicted molar refractivity (Wildman–Crippen MR) is 146 cm³/mol. The Kier molecular flexibility index (Phi) is 7.15. The van der Waals surface area contributed by atoms with Crippen molar-refractivity contribution in [3.8, 4) is 5.75 Å². The molecule has 0 aromatic heterocycles. The summed E-state index contributed by atoms with van der Waals surface area (Å²) in [5, 5.41) is 16.3. The van der Waals surface area contributed by atoms with E-state index in [1.165, 1.54) is 4.90 Å². The summed E-state index contributed by atoms with van der Waals surface area (Å²) in [7, 11) is 1.57. The van der Waals surface area contributed by atoms with Crippen LogP contribution < -0.4 is 15.4 Å². The molecule has 2 unspecified atom stereocenters. The van der Waals surface area contributed by atoms with Crippen molar-refractivity contribution >= 4 is 29.1 Å². The van der Waals surface area contributed by atoms with Crippen molar-refractivity contribution in [2.24, 2.45) is 17.8 Å². The Morgan fingerprint density at radius 3 is 2.31 bits per heavy atom. The van der Waals surface area contributed by atoms with E-state index in [9.17, 15) is 19.5 Å².